The second-order valence-electron chi connectivity index (χ2n) is 4.34. The minimum Gasteiger partial charge on any atom is -0.329 e. The molecule has 0 saturated heterocycles. The Hall–Kier alpha value is -0.670. The molecule has 0 aliphatic rings. The van der Waals surface area contributed by atoms with Crippen molar-refractivity contribution in [2.45, 2.75) is 26.7 Å². The average Bonchev–Trinajstić information content (AvgIpc) is 2.31. The summed E-state index contributed by atoms with van der Waals surface area (Å²) in [5, 5.41) is 0. The van der Waals surface area contributed by atoms with Gasteiger partial charge in [0.25, 0.3) is 0 Å². The second kappa shape index (κ2) is 5.60. The molecule has 0 radical (unpaired) electrons. The molecule has 1 unspecified atom stereocenters. The lowest BCUT2D eigenvalue weighted by molar-refractivity contribution is -0.126. The lowest BCUT2D eigenvalue weighted by Crippen LogP contribution is -2.36. The molecule has 0 spiro atoms. The van der Waals surface area contributed by atoms with Gasteiger partial charge in [-0.25, -0.2) is 0 Å². The van der Waals surface area contributed by atoms with E-state index in [9.17, 15) is 4.79 Å². The van der Waals surface area contributed by atoms with Gasteiger partial charge in [0.15, 0.2) is 0 Å². The van der Waals surface area contributed by atoms with Crippen LogP contribution < -0.4 is 5.73 Å². The van der Waals surface area contributed by atoms with E-state index in [1.807, 2.05) is 38.1 Å². The molecule has 1 rings (SSSR count). The quantitative estimate of drug-likeness (QED) is 0.903. The van der Waals surface area contributed by atoms with Crippen molar-refractivity contribution < 1.29 is 4.79 Å². The number of carbonyl (C=O) groups is 1. The molecule has 0 aliphatic carbocycles. The molecule has 2 N–H and O–H groups in total. The van der Waals surface area contributed by atoms with Crippen LogP contribution in [0.15, 0.2) is 28.7 Å². The lowest BCUT2D eigenvalue weighted by Gasteiger charge is -2.24. The van der Waals surface area contributed by atoms with E-state index in [0.717, 1.165) is 16.5 Å². The summed E-state index contributed by atoms with van der Waals surface area (Å²) in [5.41, 5.74) is 6.33. The van der Waals surface area contributed by atoms with E-state index in [1.54, 1.807) is 0 Å². The van der Waals surface area contributed by atoms with Crippen LogP contribution in [-0.4, -0.2) is 12.3 Å². The zero-order valence-electron chi connectivity index (χ0n) is 9.79. The van der Waals surface area contributed by atoms with Crippen LogP contribution in [0.4, 0.5) is 0 Å². The number of ketones is 1. The Labute approximate surface area is 105 Å². The number of nitrogens with two attached hydrogens (primary N) is 1. The Morgan fingerprint density at radius 3 is 2.38 bits per heavy atom. The Kier molecular flexibility index (Phi) is 4.69. The first kappa shape index (κ1) is 13.4. The van der Waals surface area contributed by atoms with Gasteiger partial charge in [0.1, 0.15) is 5.78 Å². The van der Waals surface area contributed by atoms with Gasteiger partial charge in [-0.05, 0) is 24.1 Å². The van der Waals surface area contributed by atoms with E-state index in [4.69, 9.17) is 5.73 Å². The lowest BCUT2D eigenvalue weighted by atomic mass is 9.80. The van der Waals surface area contributed by atoms with Crippen molar-refractivity contribution in [3.05, 3.63) is 34.3 Å². The number of benzene rings is 1. The van der Waals surface area contributed by atoms with Crippen LogP contribution in [0.3, 0.4) is 0 Å². The van der Waals surface area contributed by atoms with Crippen LogP contribution in [0.1, 0.15) is 25.8 Å². The molecule has 0 saturated carbocycles. The fraction of sp³-hybridized carbons (Fsp3) is 0.462. The van der Waals surface area contributed by atoms with Gasteiger partial charge in [-0.2, -0.15) is 0 Å². The smallest absolute Gasteiger partial charge is 0.144 e. The second-order valence-corrected chi connectivity index (χ2v) is 5.26. The fourth-order valence-electron chi connectivity index (χ4n) is 1.46. The van der Waals surface area contributed by atoms with Crippen LogP contribution >= 0.6 is 15.9 Å². The number of Topliss-reactive ketones (excluding diaryl/α,β-unsaturated/α-hetero) is 1. The molecular weight excluding hydrogens is 266 g/mol. The summed E-state index contributed by atoms with van der Waals surface area (Å²) in [5.74, 6) is 0.222. The van der Waals surface area contributed by atoms with Gasteiger partial charge in [-0.15, -0.1) is 0 Å². The van der Waals surface area contributed by atoms with Crippen molar-refractivity contribution in [3.63, 3.8) is 0 Å². The summed E-state index contributed by atoms with van der Waals surface area (Å²) in [6, 6.07) is 7.84. The van der Waals surface area contributed by atoms with E-state index >= 15 is 0 Å². The standard InChI is InChI=1S/C13H18BrNO/c1-3-13(2,9-15)12(16)8-10-4-6-11(14)7-5-10/h4-7H,3,8-9,15H2,1-2H3. The van der Waals surface area contributed by atoms with Crippen LogP contribution in [0.5, 0.6) is 0 Å². The molecule has 0 aromatic heterocycles. The number of hydrogen-bond acceptors (Lipinski definition) is 2. The molecule has 1 aromatic carbocycles. The predicted molar refractivity (Wildman–Crippen MR) is 70.3 cm³/mol. The highest BCUT2D eigenvalue weighted by Gasteiger charge is 2.28. The van der Waals surface area contributed by atoms with Gasteiger partial charge in [-0.1, -0.05) is 41.9 Å². The van der Waals surface area contributed by atoms with E-state index in [1.165, 1.54) is 0 Å². The van der Waals surface area contributed by atoms with Crippen LogP contribution in [0.25, 0.3) is 0 Å². The molecule has 0 heterocycles. The molecule has 0 aliphatic heterocycles. The van der Waals surface area contributed by atoms with Crippen molar-refractivity contribution >= 4 is 21.7 Å². The van der Waals surface area contributed by atoms with E-state index < -0.39 is 0 Å². The molecular formula is C13H18BrNO. The highest BCUT2D eigenvalue weighted by Crippen LogP contribution is 2.23. The normalized spacial score (nSPS) is 14.5. The molecule has 0 fully saturated rings. The number of halogens is 1. The third-order valence-corrected chi connectivity index (χ3v) is 3.71. The third-order valence-electron chi connectivity index (χ3n) is 3.18. The highest BCUT2D eigenvalue weighted by atomic mass is 79.9. The summed E-state index contributed by atoms with van der Waals surface area (Å²) < 4.78 is 1.03. The largest absolute Gasteiger partial charge is 0.329 e. The van der Waals surface area contributed by atoms with E-state index in [2.05, 4.69) is 15.9 Å². The molecule has 16 heavy (non-hydrogen) atoms. The van der Waals surface area contributed by atoms with Crippen molar-refractivity contribution in [2.24, 2.45) is 11.1 Å². The molecule has 2 nitrogen and oxygen atoms in total. The molecule has 0 bridgehead atoms. The predicted octanol–water partition coefficient (Wildman–Crippen LogP) is 2.94. The maximum Gasteiger partial charge on any atom is 0.144 e. The Morgan fingerprint density at radius 2 is 1.94 bits per heavy atom. The number of carbonyl (C=O) groups excluding carboxylic acids is 1. The first-order chi connectivity index (χ1) is 7.51. The van der Waals surface area contributed by atoms with Crippen LogP contribution in [-0.2, 0) is 11.2 Å². The number of rotatable bonds is 5. The van der Waals surface area contributed by atoms with Crippen molar-refractivity contribution in [3.8, 4) is 0 Å². The molecule has 1 atom stereocenters. The summed E-state index contributed by atoms with van der Waals surface area (Å²) in [7, 11) is 0. The first-order valence-electron chi connectivity index (χ1n) is 5.49. The summed E-state index contributed by atoms with van der Waals surface area (Å²) in [6.45, 7) is 4.36. The summed E-state index contributed by atoms with van der Waals surface area (Å²) >= 11 is 3.37. The molecule has 3 heteroatoms. The fourth-order valence-corrected chi connectivity index (χ4v) is 1.72. The average molecular weight is 284 g/mol. The summed E-state index contributed by atoms with van der Waals surface area (Å²) in [6.07, 6.45) is 1.26. The van der Waals surface area contributed by atoms with Gasteiger partial charge >= 0.3 is 0 Å². The SMILES string of the molecule is CCC(C)(CN)C(=O)Cc1ccc(Br)cc1. The van der Waals surface area contributed by atoms with E-state index in [-0.39, 0.29) is 11.2 Å². The zero-order chi connectivity index (χ0) is 12.2. The van der Waals surface area contributed by atoms with Gasteiger partial charge in [-0.3, -0.25) is 4.79 Å². The number of hydrogen-bond donors (Lipinski definition) is 1. The summed E-state index contributed by atoms with van der Waals surface area (Å²) in [4.78, 5) is 12.1. The van der Waals surface area contributed by atoms with Crippen LogP contribution in [0.2, 0.25) is 0 Å². The van der Waals surface area contributed by atoms with Crippen molar-refractivity contribution in [1.82, 2.24) is 0 Å². The monoisotopic (exact) mass is 283 g/mol. The van der Waals surface area contributed by atoms with Gasteiger partial charge in [0.05, 0.1) is 0 Å². The maximum atomic E-state index is 12.1. The van der Waals surface area contributed by atoms with Crippen LogP contribution in [0, 0.1) is 5.41 Å². The Bertz CT molecular complexity index is 355. The van der Waals surface area contributed by atoms with E-state index in [0.29, 0.717) is 13.0 Å². The van der Waals surface area contributed by atoms with Gasteiger partial charge in [0, 0.05) is 22.9 Å². The Morgan fingerprint density at radius 1 is 1.38 bits per heavy atom. The van der Waals surface area contributed by atoms with Crippen molar-refractivity contribution in [1.29, 1.82) is 0 Å². The topological polar surface area (TPSA) is 43.1 Å². The minimum absolute atomic E-state index is 0.222. The third kappa shape index (κ3) is 3.16. The minimum atomic E-state index is -0.382. The Balaban J connectivity index is 2.74. The highest BCUT2D eigenvalue weighted by molar-refractivity contribution is 9.10. The molecule has 0 amide bonds. The first-order valence-corrected chi connectivity index (χ1v) is 6.29. The maximum absolute atomic E-state index is 12.1. The zero-order valence-corrected chi connectivity index (χ0v) is 11.4. The molecule has 88 valence electrons. The van der Waals surface area contributed by atoms with Gasteiger partial charge < -0.3 is 5.73 Å². The van der Waals surface area contributed by atoms with Crippen molar-refractivity contribution in [2.75, 3.05) is 6.54 Å². The van der Waals surface area contributed by atoms with Gasteiger partial charge in [0.2, 0.25) is 0 Å². The molecule has 1 aromatic rings.